The Kier molecular flexibility index (Phi) is 7.92. The van der Waals surface area contributed by atoms with E-state index in [4.69, 9.17) is 0 Å². The van der Waals surface area contributed by atoms with Gasteiger partial charge in [-0.15, -0.1) is 0 Å². The van der Waals surface area contributed by atoms with Gasteiger partial charge in [0.25, 0.3) is 5.82 Å². The van der Waals surface area contributed by atoms with E-state index in [1.54, 1.807) is 0 Å². The molecule has 2 rings (SSSR count). The second-order valence-corrected chi connectivity index (χ2v) is 6.61. The van der Waals surface area contributed by atoms with Crippen LogP contribution < -0.4 is 4.57 Å². The molecule has 2 aromatic rings. The highest BCUT2D eigenvalue weighted by Crippen LogP contribution is 2.13. The zero-order valence-corrected chi connectivity index (χ0v) is 15.0. The van der Waals surface area contributed by atoms with Crippen LogP contribution in [0.4, 0.5) is 0 Å². The van der Waals surface area contributed by atoms with Crippen LogP contribution in [0.1, 0.15) is 70.5 Å². The molecule has 1 heterocycles. The van der Waals surface area contributed by atoms with Crippen molar-refractivity contribution < 1.29 is 4.57 Å². The number of hydrogen-bond donors (Lipinski definition) is 0. The van der Waals surface area contributed by atoms with Crippen molar-refractivity contribution in [2.45, 2.75) is 71.1 Å². The van der Waals surface area contributed by atoms with Crippen LogP contribution in [0.3, 0.4) is 0 Å². The van der Waals surface area contributed by atoms with Gasteiger partial charge in [0.05, 0.1) is 7.05 Å². The summed E-state index contributed by atoms with van der Waals surface area (Å²) in [5.74, 6) is 1.40. The Bertz CT molecular complexity index is 542. The molecule has 0 unspecified atom stereocenters. The number of para-hydroxylation sites is 1. The Morgan fingerprint density at radius 3 is 2.09 bits per heavy atom. The molecule has 0 amide bonds. The normalized spacial score (nSPS) is 11.0. The zero-order valence-electron chi connectivity index (χ0n) is 15.0. The van der Waals surface area contributed by atoms with Gasteiger partial charge in [-0.25, -0.2) is 4.57 Å². The van der Waals surface area contributed by atoms with Crippen LogP contribution in [-0.4, -0.2) is 4.57 Å². The summed E-state index contributed by atoms with van der Waals surface area (Å²) in [5, 5.41) is 0. The van der Waals surface area contributed by atoms with Gasteiger partial charge >= 0.3 is 0 Å². The third-order valence-electron chi connectivity index (χ3n) is 4.66. The van der Waals surface area contributed by atoms with E-state index in [2.05, 4.69) is 65.8 Å². The molecule has 0 fully saturated rings. The van der Waals surface area contributed by atoms with Crippen molar-refractivity contribution in [3.63, 3.8) is 0 Å². The number of aromatic nitrogens is 2. The first-order chi connectivity index (χ1) is 11.3. The molecular formula is C21H33N2+. The molecule has 126 valence electrons. The smallest absolute Gasteiger partial charge is 0.237 e. The molecule has 1 aromatic heterocycles. The number of nitrogens with zero attached hydrogens (tertiary/aromatic N) is 2. The van der Waals surface area contributed by atoms with Gasteiger partial charge in [-0.2, -0.15) is 4.57 Å². The largest absolute Gasteiger partial charge is 0.261 e. The molecule has 23 heavy (non-hydrogen) atoms. The minimum absolute atomic E-state index is 1.16. The third kappa shape index (κ3) is 5.85. The van der Waals surface area contributed by atoms with Crippen LogP contribution in [-0.2, 0) is 13.5 Å². The second kappa shape index (κ2) is 10.3. The standard InChI is InChI=1S/C21H33N2/c1-3-4-5-6-7-8-9-10-14-17-21-22(2)18-19-23(21)20-15-12-11-13-16-20/h11-13,15-16,18-19H,3-10,14,17H2,1-2H3/q+1. The molecule has 0 radical (unpaired) electrons. The summed E-state index contributed by atoms with van der Waals surface area (Å²) in [5.41, 5.74) is 1.26. The first kappa shape index (κ1) is 17.8. The topological polar surface area (TPSA) is 8.81 Å². The van der Waals surface area contributed by atoms with Crippen molar-refractivity contribution in [2.24, 2.45) is 7.05 Å². The maximum absolute atomic E-state index is 2.32. The molecule has 0 aliphatic rings. The average Bonchev–Trinajstić information content (AvgIpc) is 2.95. The van der Waals surface area contributed by atoms with Crippen LogP contribution in [0.15, 0.2) is 42.7 Å². The second-order valence-electron chi connectivity index (χ2n) is 6.61. The highest BCUT2D eigenvalue weighted by molar-refractivity contribution is 5.31. The Labute approximate surface area is 142 Å². The minimum Gasteiger partial charge on any atom is -0.237 e. The van der Waals surface area contributed by atoms with Crippen molar-refractivity contribution in [2.75, 3.05) is 0 Å². The molecule has 2 nitrogen and oxygen atoms in total. The van der Waals surface area contributed by atoms with Crippen molar-refractivity contribution in [1.29, 1.82) is 0 Å². The minimum atomic E-state index is 1.16. The molecule has 0 atom stereocenters. The van der Waals surface area contributed by atoms with Crippen LogP contribution in [0.5, 0.6) is 0 Å². The first-order valence-electron chi connectivity index (χ1n) is 9.44. The number of rotatable bonds is 11. The average molecular weight is 314 g/mol. The molecule has 0 aliphatic heterocycles. The summed E-state index contributed by atoms with van der Waals surface area (Å²) in [6.07, 6.45) is 18.0. The predicted octanol–water partition coefficient (Wildman–Crippen LogP) is 5.38. The highest BCUT2D eigenvalue weighted by atomic mass is 15.1. The monoisotopic (exact) mass is 313 g/mol. The lowest BCUT2D eigenvalue weighted by molar-refractivity contribution is -0.678. The molecule has 0 N–H and O–H groups in total. The van der Waals surface area contributed by atoms with E-state index < -0.39 is 0 Å². The van der Waals surface area contributed by atoms with Crippen molar-refractivity contribution >= 4 is 0 Å². The van der Waals surface area contributed by atoms with Crippen LogP contribution in [0, 0.1) is 0 Å². The summed E-state index contributed by atoms with van der Waals surface area (Å²) in [6.45, 7) is 2.28. The molecule has 0 saturated heterocycles. The van der Waals surface area contributed by atoms with Gasteiger partial charge in [0, 0.05) is 6.42 Å². The maximum Gasteiger partial charge on any atom is 0.261 e. The van der Waals surface area contributed by atoms with Crippen LogP contribution in [0.25, 0.3) is 5.69 Å². The van der Waals surface area contributed by atoms with Gasteiger partial charge in [0.1, 0.15) is 18.1 Å². The van der Waals surface area contributed by atoms with Gasteiger partial charge < -0.3 is 0 Å². The molecule has 2 heteroatoms. The summed E-state index contributed by atoms with van der Waals surface area (Å²) in [7, 11) is 2.16. The molecule has 0 saturated carbocycles. The SMILES string of the molecule is CCCCCCCCCCCc1n(-c2ccccc2)cc[n+]1C. The van der Waals surface area contributed by atoms with Gasteiger partial charge in [0.15, 0.2) is 0 Å². The first-order valence-corrected chi connectivity index (χ1v) is 9.44. The van der Waals surface area contributed by atoms with E-state index in [-0.39, 0.29) is 0 Å². The Morgan fingerprint density at radius 1 is 0.826 bits per heavy atom. The number of hydrogen-bond acceptors (Lipinski definition) is 0. The Balaban J connectivity index is 1.71. The molecule has 0 bridgehead atoms. The number of benzene rings is 1. The summed E-state index contributed by atoms with van der Waals surface area (Å²) in [4.78, 5) is 0. The third-order valence-corrected chi connectivity index (χ3v) is 4.66. The number of aryl methyl sites for hydroxylation is 1. The van der Waals surface area contributed by atoms with Gasteiger partial charge in [0.2, 0.25) is 0 Å². The zero-order chi connectivity index (χ0) is 16.3. The van der Waals surface area contributed by atoms with E-state index in [9.17, 15) is 0 Å². The fraction of sp³-hybridized carbons (Fsp3) is 0.571. The fourth-order valence-electron chi connectivity index (χ4n) is 3.22. The van der Waals surface area contributed by atoms with E-state index >= 15 is 0 Å². The van der Waals surface area contributed by atoms with Crippen LogP contribution >= 0.6 is 0 Å². The summed E-state index contributed by atoms with van der Waals surface area (Å²) < 4.78 is 4.59. The lowest BCUT2D eigenvalue weighted by Crippen LogP contribution is -2.31. The highest BCUT2D eigenvalue weighted by Gasteiger charge is 2.15. The molecular weight excluding hydrogens is 280 g/mol. The molecule has 1 aromatic carbocycles. The van der Waals surface area contributed by atoms with E-state index in [1.165, 1.54) is 69.3 Å². The van der Waals surface area contributed by atoms with E-state index in [1.807, 2.05) is 0 Å². The quantitative estimate of drug-likeness (QED) is 0.389. The predicted molar refractivity (Wildman–Crippen MR) is 97.9 cm³/mol. The summed E-state index contributed by atoms with van der Waals surface area (Å²) >= 11 is 0. The van der Waals surface area contributed by atoms with Crippen molar-refractivity contribution in [1.82, 2.24) is 4.57 Å². The number of unbranched alkanes of at least 4 members (excludes halogenated alkanes) is 8. The van der Waals surface area contributed by atoms with Crippen LogP contribution in [0.2, 0.25) is 0 Å². The van der Waals surface area contributed by atoms with Gasteiger partial charge in [-0.3, -0.25) is 0 Å². The number of imidazole rings is 1. The fourth-order valence-corrected chi connectivity index (χ4v) is 3.22. The van der Waals surface area contributed by atoms with Gasteiger partial charge in [-0.1, -0.05) is 76.5 Å². The van der Waals surface area contributed by atoms with Crippen molar-refractivity contribution in [3.05, 3.63) is 48.5 Å². The molecule has 0 aliphatic carbocycles. The van der Waals surface area contributed by atoms with E-state index in [0.29, 0.717) is 0 Å². The van der Waals surface area contributed by atoms with Crippen molar-refractivity contribution in [3.8, 4) is 5.69 Å². The summed E-state index contributed by atoms with van der Waals surface area (Å²) in [6, 6.07) is 10.7. The lowest BCUT2D eigenvalue weighted by Gasteiger charge is -2.04. The Hall–Kier alpha value is -1.57. The molecule has 0 spiro atoms. The Morgan fingerprint density at radius 2 is 1.43 bits per heavy atom. The van der Waals surface area contributed by atoms with Gasteiger partial charge in [-0.05, 0) is 18.6 Å². The lowest BCUT2D eigenvalue weighted by atomic mass is 10.1. The maximum atomic E-state index is 2.32. The van der Waals surface area contributed by atoms with E-state index in [0.717, 1.165) is 6.42 Å².